The van der Waals surface area contributed by atoms with Crippen molar-refractivity contribution < 1.29 is 8.83 Å². The van der Waals surface area contributed by atoms with Crippen molar-refractivity contribution in [3.8, 4) is 0 Å². The Hall–Kier alpha value is -8.38. The average molecular weight is 995 g/mol. The maximum absolute atomic E-state index is 6.93. The van der Waals surface area contributed by atoms with Gasteiger partial charge < -0.3 is 18.6 Å². The van der Waals surface area contributed by atoms with Crippen LogP contribution in [0.1, 0.15) is 43.7 Å². The summed E-state index contributed by atoms with van der Waals surface area (Å²) in [6.07, 6.45) is 8.02. The highest BCUT2D eigenvalue weighted by molar-refractivity contribution is 7.27. The first-order valence-electron chi connectivity index (χ1n) is 27.2. The van der Waals surface area contributed by atoms with Crippen LogP contribution >= 0.6 is 11.3 Å². The molecular formula is C71H50N2O2S. The number of anilines is 6. The highest BCUT2D eigenvalue weighted by Gasteiger charge is 2.79. The molecule has 362 valence electrons. The van der Waals surface area contributed by atoms with Crippen molar-refractivity contribution in [2.24, 2.45) is 22.2 Å². The van der Waals surface area contributed by atoms with E-state index >= 15 is 0 Å². The highest BCUT2D eigenvalue weighted by Crippen LogP contribution is 2.86. The molecule has 4 unspecified atom stereocenters. The molecule has 4 nitrogen and oxygen atoms in total. The Labute approximate surface area is 443 Å². The van der Waals surface area contributed by atoms with Gasteiger partial charge in [-0.2, -0.15) is 0 Å². The molecule has 3 aromatic heterocycles. The zero-order valence-corrected chi connectivity index (χ0v) is 42.9. The third-order valence-electron chi connectivity index (χ3n) is 19.7. The van der Waals surface area contributed by atoms with Gasteiger partial charge in [-0.25, -0.2) is 0 Å². The van der Waals surface area contributed by atoms with Gasteiger partial charge >= 0.3 is 0 Å². The lowest BCUT2D eigenvalue weighted by Gasteiger charge is -2.51. The first-order valence-corrected chi connectivity index (χ1v) is 28.1. The van der Waals surface area contributed by atoms with E-state index < -0.39 is 0 Å². The molecule has 4 atom stereocenters. The van der Waals surface area contributed by atoms with E-state index in [9.17, 15) is 0 Å². The van der Waals surface area contributed by atoms with Gasteiger partial charge in [0, 0.05) is 69.6 Å². The Morgan fingerprint density at radius 1 is 0.461 bits per heavy atom. The van der Waals surface area contributed by atoms with Crippen LogP contribution in [0.5, 0.6) is 0 Å². The van der Waals surface area contributed by atoms with Crippen molar-refractivity contribution in [2.75, 3.05) is 9.80 Å². The van der Waals surface area contributed by atoms with E-state index in [0.29, 0.717) is 16.2 Å². The van der Waals surface area contributed by atoms with Crippen LogP contribution in [-0.2, 0) is 12.8 Å². The number of thiophene rings is 1. The monoisotopic (exact) mass is 994 g/mol. The fraction of sp³-hybridized carbons (Fsp3) is 0.155. The number of furan rings is 2. The molecule has 76 heavy (non-hydrogen) atoms. The van der Waals surface area contributed by atoms with E-state index in [1.807, 2.05) is 11.3 Å². The summed E-state index contributed by atoms with van der Waals surface area (Å²) in [6, 6.07) is 76.2. The molecule has 3 heterocycles. The number of nitrogens with zero attached hydrogens (tertiary/aromatic N) is 2. The summed E-state index contributed by atoms with van der Waals surface area (Å²) in [5.74, 6) is 0.852. The Balaban J connectivity index is 0.853. The molecule has 0 aliphatic heterocycles. The van der Waals surface area contributed by atoms with Gasteiger partial charge in [0.2, 0.25) is 0 Å². The number of hydrogen-bond acceptors (Lipinski definition) is 5. The SMILES string of the molecule is CC12Cc3c(cccc3N(c3ccc4c(c3)sc3c5ccc(N(c6cccc7ccccc67)c6cccc7c6oc6ccccc67)cc5c5ccccc5c43)c3cccc4c3oc3ccccc34)CC13CCC1(CC12)C3. The van der Waals surface area contributed by atoms with Crippen molar-refractivity contribution in [1.29, 1.82) is 0 Å². The number of benzene rings is 11. The zero-order valence-electron chi connectivity index (χ0n) is 42.1. The molecule has 4 aliphatic carbocycles. The molecule has 3 saturated carbocycles. The van der Waals surface area contributed by atoms with E-state index in [1.54, 1.807) is 5.56 Å². The molecule has 0 amide bonds. The summed E-state index contributed by atoms with van der Waals surface area (Å²) in [6.45, 7) is 2.68. The second kappa shape index (κ2) is 14.7. The van der Waals surface area contributed by atoms with Crippen molar-refractivity contribution in [2.45, 2.75) is 45.4 Å². The summed E-state index contributed by atoms with van der Waals surface area (Å²) in [7, 11) is 0. The Kier molecular flexibility index (Phi) is 8.12. The molecule has 0 N–H and O–H groups in total. The molecule has 2 bridgehead atoms. The normalized spacial score (nSPS) is 21.5. The molecule has 18 rings (SSSR count). The van der Waals surface area contributed by atoms with Crippen molar-refractivity contribution >= 4 is 142 Å². The molecule has 0 saturated heterocycles. The van der Waals surface area contributed by atoms with Crippen molar-refractivity contribution in [3.63, 3.8) is 0 Å². The number of hydrogen-bond donors (Lipinski definition) is 0. The minimum Gasteiger partial charge on any atom is -0.454 e. The minimum absolute atomic E-state index is 0.329. The largest absolute Gasteiger partial charge is 0.454 e. The quantitative estimate of drug-likeness (QED) is 0.155. The highest BCUT2D eigenvalue weighted by atomic mass is 32.1. The van der Waals surface area contributed by atoms with Crippen LogP contribution in [-0.4, -0.2) is 0 Å². The molecule has 3 fully saturated rings. The van der Waals surface area contributed by atoms with Gasteiger partial charge in [-0.15, -0.1) is 11.3 Å². The topological polar surface area (TPSA) is 32.8 Å². The lowest BCUT2D eigenvalue weighted by molar-refractivity contribution is 0.0396. The van der Waals surface area contributed by atoms with Crippen LogP contribution in [0.3, 0.4) is 0 Å². The van der Waals surface area contributed by atoms with Crippen LogP contribution in [0.2, 0.25) is 0 Å². The second-order valence-corrected chi connectivity index (χ2v) is 24.2. The second-order valence-electron chi connectivity index (χ2n) is 23.2. The predicted octanol–water partition coefficient (Wildman–Crippen LogP) is 20.5. The summed E-state index contributed by atoms with van der Waals surface area (Å²) in [5.41, 5.74) is 14.8. The molecule has 4 aliphatic rings. The van der Waals surface area contributed by atoms with Gasteiger partial charge in [-0.05, 0) is 154 Å². The first kappa shape index (κ1) is 41.9. The van der Waals surface area contributed by atoms with Gasteiger partial charge in [-0.1, -0.05) is 153 Å². The van der Waals surface area contributed by atoms with E-state index in [4.69, 9.17) is 8.83 Å². The van der Waals surface area contributed by atoms with Gasteiger partial charge in [0.25, 0.3) is 0 Å². The summed E-state index contributed by atoms with van der Waals surface area (Å²) >= 11 is 1.92. The summed E-state index contributed by atoms with van der Waals surface area (Å²) < 4.78 is 16.3. The van der Waals surface area contributed by atoms with Gasteiger partial charge in [-0.3, -0.25) is 0 Å². The predicted molar refractivity (Wildman–Crippen MR) is 318 cm³/mol. The van der Waals surface area contributed by atoms with Gasteiger partial charge in [0.15, 0.2) is 11.2 Å². The zero-order chi connectivity index (χ0) is 49.6. The fourth-order valence-electron chi connectivity index (χ4n) is 16.3. The smallest absolute Gasteiger partial charge is 0.159 e. The van der Waals surface area contributed by atoms with Crippen LogP contribution in [0.25, 0.3) is 96.4 Å². The third kappa shape index (κ3) is 5.43. The molecule has 11 aromatic carbocycles. The van der Waals surface area contributed by atoms with Crippen LogP contribution in [0.4, 0.5) is 34.1 Å². The number of para-hydroxylation sites is 4. The Morgan fingerprint density at radius 3 is 1.80 bits per heavy atom. The lowest BCUT2D eigenvalue weighted by Crippen LogP contribution is -2.45. The van der Waals surface area contributed by atoms with Crippen LogP contribution in [0, 0.1) is 22.2 Å². The standard InChI is InChI=1S/C71H50N2O2S/c1-69-39-56-43(38-71(69)35-34-70(41-71)40-64(69)70)16-11-25-58(56)73(60-27-13-23-52-49-20-7-9-29-62(49)75-67(52)60)45-31-33-54-63(37-45)76-68-53-32-30-44(36-55(53)47-18-4-5-21-50(47)65(54)68)72(57-24-10-15-42-14-2-3-17-46(42)57)59-26-12-22-51-48-19-6-8-28-61(48)74-66(51)59/h2-33,36-37,64H,34-35,38-41H2,1H3. The molecule has 5 heteroatoms. The maximum atomic E-state index is 6.93. The van der Waals surface area contributed by atoms with E-state index in [1.165, 1.54) is 95.8 Å². The minimum atomic E-state index is 0.329. The fourth-order valence-corrected chi connectivity index (χ4v) is 17.5. The molecule has 0 radical (unpaired) electrons. The molecule has 14 aromatic rings. The van der Waals surface area contributed by atoms with Gasteiger partial charge in [0.1, 0.15) is 11.2 Å². The van der Waals surface area contributed by atoms with Crippen molar-refractivity contribution in [3.05, 3.63) is 217 Å². The van der Waals surface area contributed by atoms with E-state index in [-0.39, 0.29) is 0 Å². The average Bonchev–Trinajstić information content (AvgIpc) is 3.32. The first-order chi connectivity index (χ1) is 37.4. The third-order valence-corrected chi connectivity index (χ3v) is 20.9. The Morgan fingerprint density at radius 2 is 1.04 bits per heavy atom. The van der Waals surface area contributed by atoms with Crippen molar-refractivity contribution in [1.82, 2.24) is 0 Å². The van der Waals surface area contributed by atoms with Crippen LogP contribution in [0.15, 0.2) is 215 Å². The maximum Gasteiger partial charge on any atom is 0.159 e. The molecule has 2 spiro atoms. The van der Waals surface area contributed by atoms with E-state index in [0.717, 1.165) is 84.7 Å². The summed E-state index contributed by atoms with van der Waals surface area (Å²) in [5, 5.41) is 14.5. The van der Waals surface area contributed by atoms with Gasteiger partial charge in [0.05, 0.1) is 17.1 Å². The Bertz CT molecular complexity index is 4860. The van der Waals surface area contributed by atoms with E-state index in [2.05, 4.69) is 223 Å². The summed E-state index contributed by atoms with van der Waals surface area (Å²) in [4.78, 5) is 4.99. The number of fused-ring (bicyclic) bond motifs is 17. The molecular weight excluding hydrogens is 945 g/mol. The lowest BCUT2D eigenvalue weighted by atomic mass is 9.54. The number of rotatable bonds is 6. The van der Waals surface area contributed by atoms with Crippen LogP contribution < -0.4 is 9.80 Å².